The minimum Gasteiger partial charge on any atom is -0.446 e. The number of esters is 1. The van der Waals surface area contributed by atoms with Crippen molar-refractivity contribution < 1.29 is 19.1 Å². The van der Waals surface area contributed by atoms with Gasteiger partial charge in [0.15, 0.2) is 17.2 Å². The average Bonchev–Trinajstić information content (AvgIpc) is 2.85. The Morgan fingerprint density at radius 2 is 1.90 bits per heavy atom. The molecule has 4 aliphatic carbocycles. The van der Waals surface area contributed by atoms with Gasteiger partial charge in [0.2, 0.25) is 0 Å². The summed E-state index contributed by atoms with van der Waals surface area (Å²) >= 11 is 6.72. The van der Waals surface area contributed by atoms with Crippen molar-refractivity contribution in [2.24, 2.45) is 28.6 Å². The lowest BCUT2D eigenvalue weighted by molar-refractivity contribution is -0.179. The van der Waals surface area contributed by atoms with E-state index in [-0.39, 0.29) is 28.8 Å². The molecule has 2 saturated carbocycles. The maximum atomic E-state index is 12.9. The first-order valence-electron chi connectivity index (χ1n) is 10.5. The molecule has 156 valence electrons. The van der Waals surface area contributed by atoms with Crippen LogP contribution in [-0.4, -0.2) is 23.1 Å². The van der Waals surface area contributed by atoms with Crippen LogP contribution in [0, 0.1) is 28.6 Å². The fourth-order valence-corrected chi connectivity index (χ4v) is 7.57. The number of carbonyl (C=O) groups is 3. The van der Waals surface area contributed by atoms with Gasteiger partial charge >= 0.3 is 5.97 Å². The van der Waals surface area contributed by atoms with Gasteiger partial charge in [-0.25, -0.2) is 0 Å². The van der Waals surface area contributed by atoms with Crippen molar-refractivity contribution in [3.8, 4) is 0 Å². The maximum absolute atomic E-state index is 12.9. The predicted octanol–water partition coefficient (Wildman–Crippen LogP) is 4.92. The van der Waals surface area contributed by atoms with Gasteiger partial charge < -0.3 is 4.74 Å². The number of allylic oxidation sites excluding steroid dienone is 4. The topological polar surface area (TPSA) is 60.4 Å². The molecule has 0 unspecified atom stereocenters. The Balaban J connectivity index is 1.84. The lowest BCUT2D eigenvalue weighted by Gasteiger charge is -2.57. The Morgan fingerprint density at radius 3 is 2.52 bits per heavy atom. The van der Waals surface area contributed by atoms with Crippen molar-refractivity contribution >= 4 is 29.1 Å². The van der Waals surface area contributed by atoms with Crippen LogP contribution in [0.5, 0.6) is 0 Å². The minimum atomic E-state index is -1.27. The first-order chi connectivity index (χ1) is 13.5. The maximum Gasteiger partial charge on any atom is 0.303 e. The molecular weight excluding hydrogens is 388 g/mol. The van der Waals surface area contributed by atoms with Crippen LogP contribution in [-0.2, 0) is 19.1 Å². The molecule has 29 heavy (non-hydrogen) atoms. The Morgan fingerprint density at radius 1 is 1.21 bits per heavy atom. The highest BCUT2D eigenvalue weighted by Crippen LogP contribution is 2.69. The third kappa shape index (κ3) is 2.54. The van der Waals surface area contributed by atoms with E-state index in [4.69, 9.17) is 16.3 Å². The zero-order chi connectivity index (χ0) is 21.4. The van der Waals surface area contributed by atoms with Crippen molar-refractivity contribution in [1.29, 1.82) is 0 Å². The molecule has 0 spiro atoms. The molecule has 0 aromatic heterocycles. The van der Waals surface area contributed by atoms with Gasteiger partial charge in [0.05, 0.1) is 0 Å². The summed E-state index contributed by atoms with van der Waals surface area (Å²) in [5.74, 6) is 0.151. The summed E-state index contributed by atoms with van der Waals surface area (Å²) < 4.78 is 5.80. The van der Waals surface area contributed by atoms with Gasteiger partial charge in [0.25, 0.3) is 0 Å². The second-order valence-electron chi connectivity index (χ2n) is 9.84. The van der Waals surface area contributed by atoms with Crippen LogP contribution >= 0.6 is 11.6 Å². The highest BCUT2D eigenvalue weighted by atomic mass is 35.5. The third-order valence-electron chi connectivity index (χ3n) is 8.51. The fourth-order valence-electron chi connectivity index (χ4n) is 7.15. The first kappa shape index (κ1) is 20.6. The number of hydrogen-bond acceptors (Lipinski definition) is 4. The summed E-state index contributed by atoms with van der Waals surface area (Å²) in [5, 5.41) is 0.657. The van der Waals surface area contributed by atoms with Crippen LogP contribution in [0.3, 0.4) is 0 Å². The normalized spacial score (nSPS) is 43.6. The molecule has 0 amide bonds. The van der Waals surface area contributed by atoms with Crippen molar-refractivity contribution in [3.63, 3.8) is 0 Å². The molecule has 0 heterocycles. The molecule has 0 aliphatic heterocycles. The van der Waals surface area contributed by atoms with Gasteiger partial charge in [-0.2, -0.15) is 0 Å². The Hall–Kier alpha value is -1.68. The van der Waals surface area contributed by atoms with Crippen molar-refractivity contribution in [2.45, 2.75) is 65.4 Å². The molecule has 0 saturated heterocycles. The van der Waals surface area contributed by atoms with Crippen LogP contribution in [0.15, 0.2) is 34.9 Å². The van der Waals surface area contributed by atoms with Crippen LogP contribution in [0.4, 0.5) is 0 Å². The number of ether oxygens (including phenoxy) is 1. The zero-order valence-corrected chi connectivity index (χ0v) is 18.4. The standard InChI is InChI=1S/C24H29ClO4/c1-13-10-19-17-12-21(25)20-11-16(28)6-8-22(20,4)18(17)7-9-23(19,5)24(13,14(2)26)29-15(3)27/h11-12,17-19H,1,6-10H2,2-5H3/t17-,18+,19+,22+,23-,24+/m0/s1. The second-order valence-corrected chi connectivity index (χ2v) is 10.2. The molecular formula is C24H29ClO4. The van der Waals surface area contributed by atoms with Crippen molar-refractivity contribution in [3.05, 3.63) is 34.9 Å². The van der Waals surface area contributed by atoms with E-state index < -0.39 is 17.0 Å². The Bertz CT molecular complexity index is 899. The molecule has 4 aliphatic rings. The van der Waals surface area contributed by atoms with E-state index in [0.717, 1.165) is 24.8 Å². The molecule has 0 aromatic rings. The highest BCUT2D eigenvalue weighted by molar-refractivity contribution is 6.32. The van der Waals surface area contributed by atoms with Gasteiger partial charge in [-0.15, -0.1) is 0 Å². The van der Waals surface area contributed by atoms with Gasteiger partial charge in [0, 0.05) is 23.8 Å². The summed E-state index contributed by atoms with van der Waals surface area (Å²) in [6, 6.07) is 0. The van der Waals surface area contributed by atoms with E-state index in [2.05, 4.69) is 26.5 Å². The van der Waals surface area contributed by atoms with Crippen LogP contribution < -0.4 is 0 Å². The third-order valence-corrected chi connectivity index (χ3v) is 8.84. The largest absolute Gasteiger partial charge is 0.446 e. The summed E-state index contributed by atoms with van der Waals surface area (Å²) in [6.07, 6.45) is 7.48. The summed E-state index contributed by atoms with van der Waals surface area (Å²) in [6.45, 7) is 11.4. The Labute approximate surface area is 177 Å². The van der Waals surface area contributed by atoms with Gasteiger partial charge in [-0.1, -0.05) is 38.1 Å². The molecule has 5 heteroatoms. The van der Waals surface area contributed by atoms with Crippen molar-refractivity contribution in [2.75, 3.05) is 0 Å². The molecule has 6 atom stereocenters. The summed E-state index contributed by atoms with van der Waals surface area (Å²) in [4.78, 5) is 36.9. The lowest BCUT2D eigenvalue weighted by Crippen LogP contribution is -2.58. The molecule has 0 aromatic carbocycles. The van der Waals surface area contributed by atoms with E-state index in [0.29, 0.717) is 29.4 Å². The number of Topliss-reactive ketones (excluding diaryl/α,β-unsaturated/α-hetero) is 1. The van der Waals surface area contributed by atoms with Crippen LogP contribution in [0.2, 0.25) is 0 Å². The van der Waals surface area contributed by atoms with E-state index in [1.54, 1.807) is 6.08 Å². The fraction of sp³-hybridized carbons (Fsp3) is 0.625. The second kappa shape index (κ2) is 6.41. The zero-order valence-electron chi connectivity index (χ0n) is 17.6. The number of carbonyl (C=O) groups excluding carboxylic acids is 3. The Kier molecular flexibility index (Phi) is 4.55. The lowest BCUT2D eigenvalue weighted by atomic mass is 9.48. The van der Waals surface area contributed by atoms with Crippen LogP contribution in [0.1, 0.15) is 59.8 Å². The van der Waals surface area contributed by atoms with E-state index in [1.165, 1.54) is 13.8 Å². The number of fused-ring (bicyclic) bond motifs is 5. The predicted molar refractivity (Wildman–Crippen MR) is 111 cm³/mol. The van der Waals surface area contributed by atoms with Gasteiger partial charge in [0.1, 0.15) is 0 Å². The minimum absolute atomic E-state index is 0.113. The summed E-state index contributed by atoms with van der Waals surface area (Å²) in [5.41, 5.74) is -0.263. The summed E-state index contributed by atoms with van der Waals surface area (Å²) in [7, 11) is 0. The smallest absolute Gasteiger partial charge is 0.303 e. The quantitative estimate of drug-likeness (QED) is 0.473. The van der Waals surface area contributed by atoms with E-state index >= 15 is 0 Å². The number of hydrogen-bond donors (Lipinski definition) is 0. The number of rotatable bonds is 2. The molecule has 0 N–H and O–H groups in total. The SMILES string of the molecule is C=C1C[C@@H]2[C@H]3C=C(Cl)C4=CC(=O)CC[C@]4(C)[C@@H]3CC[C@]2(C)[C@]1(OC(C)=O)C(C)=O. The van der Waals surface area contributed by atoms with E-state index in [9.17, 15) is 14.4 Å². The van der Waals surface area contributed by atoms with E-state index in [1.807, 2.05) is 0 Å². The molecule has 0 bridgehead atoms. The average molecular weight is 417 g/mol. The van der Waals surface area contributed by atoms with Crippen LogP contribution in [0.25, 0.3) is 0 Å². The van der Waals surface area contributed by atoms with Gasteiger partial charge in [-0.3, -0.25) is 14.4 Å². The molecule has 4 nitrogen and oxygen atoms in total. The molecule has 2 fully saturated rings. The molecule has 0 radical (unpaired) electrons. The molecule has 4 rings (SSSR count). The van der Waals surface area contributed by atoms with Crippen molar-refractivity contribution in [1.82, 2.24) is 0 Å². The highest BCUT2D eigenvalue weighted by Gasteiger charge is 2.69. The first-order valence-corrected chi connectivity index (χ1v) is 10.9. The monoisotopic (exact) mass is 416 g/mol. The van der Waals surface area contributed by atoms with Gasteiger partial charge in [-0.05, 0) is 73.0 Å². The number of halogens is 1. The number of ketones is 2.